The Balaban J connectivity index is 1.54. The Bertz CT molecular complexity index is 1440. The molecule has 0 saturated carbocycles. The number of hydrogen-bond acceptors (Lipinski definition) is 10. The van der Waals surface area contributed by atoms with Crippen LogP contribution in [-0.4, -0.2) is 102 Å². The number of aliphatic hydroxyl groups is 4. The van der Waals surface area contributed by atoms with Crippen molar-refractivity contribution < 1.29 is 47.9 Å². The molecule has 1 amide bonds. The molecular formula is C29H33F3N4O7S. The Morgan fingerprint density at radius 3 is 2.41 bits per heavy atom. The largest absolute Gasteiger partial charge is 0.394 e. The molecular weight excluding hydrogens is 605 g/mol. The Morgan fingerprint density at radius 2 is 1.80 bits per heavy atom. The molecule has 2 fully saturated rings. The average Bonchev–Trinajstić information content (AvgIpc) is 3.51. The van der Waals surface area contributed by atoms with E-state index < -0.39 is 70.1 Å². The van der Waals surface area contributed by atoms with Crippen molar-refractivity contribution in [3.8, 4) is 11.3 Å². The van der Waals surface area contributed by atoms with Crippen LogP contribution in [0.3, 0.4) is 0 Å². The number of amides is 1. The van der Waals surface area contributed by atoms with Crippen molar-refractivity contribution in [2.24, 2.45) is 0 Å². The van der Waals surface area contributed by atoms with E-state index in [1.807, 2.05) is 6.07 Å². The molecule has 0 radical (unpaired) electrons. The first-order valence-corrected chi connectivity index (χ1v) is 14.8. The number of halogens is 3. The monoisotopic (exact) mass is 638 g/mol. The third-order valence-electron chi connectivity index (χ3n) is 8.22. The van der Waals surface area contributed by atoms with Crippen LogP contribution in [0.15, 0.2) is 48.7 Å². The van der Waals surface area contributed by atoms with Crippen molar-refractivity contribution in [3.05, 3.63) is 71.7 Å². The predicted molar refractivity (Wildman–Crippen MR) is 152 cm³/mol. The average molecular weight is 639 g/mol. The highest BCUT2D eigenvalue weighted by molar-refractivity contribution is 8.02. The molecule has 0 spiro atoms. The summed E-state index contributed by atoms with van der Waals surface area (Å²) in [6.07, 6.45) is -2.96. The molecule has 0 bridgehead atoms. The molecule has 0 aliphatic carbocycles. The van der Waals surface area contributed by atoms with E-state index >= 15 is 0 Å². The summed E-state index contributed by atoms with van der Waals surface area (Å²) in [7, 11) is 1.44. The van der Waals surface area contributed by atoms with Crippen molar-refractivity contribution >= 4 is 17.7 Å². The molecule has 5 N–H and O–H groups in total. The molecule has 15 heteroatoms. The summed E-state index contributed by atoms with van der Waals surface area (Å²) >= 11 is 0.868. The van der Waals surface area contributed by atoms with Crippen molar-refractivity contribution in [1.29, 1.82) is 0 Å². The summed E-state index contributed by atoms with van der Waals surface area (Å²) in [6, 6.07) is 9.16. The van der Waals surface area contributed by atoms with Crippen LogP contribution < -0.4 is 5.32 Å². The number of benzene rings is 2. The lowest BCUT2D eigenvalue weighted by atomic mass is 9.76. The highest BCUT2D eigenvalue weighted by Gasteiger charge is 2.60. The van der Waals surface area contributed by atoms with Gasteiger partial charge in [-0.2, -0.15) is 0 Å². The number of nitrogens with one attached hydrogen (secondary N) is 1. The third kappa shape index (κ3) is 5.97. The van der Waals surface area contributed by atoms with Crippen LogP contribution in [0.5, 0.6) is 0 Å². The SMILES string of the molecule is CNC(=O)C(Cc1ccccc1)(S[C@@H]1O[C@H](CO)[C@H](O)[C@H](n2cc(-c3cc(F)c(F)c(F)c3)nn2)[C@H]1O)C1(O)CCOCC1. The number of ether oxygens (including phenoxy) is 2. The standard InChI is InChI=1S/C29H33F3N4O7S/c1-33-27(40)29(13-16-5-3-2-4-6-16,28(41)7-9-42-10-8-28)44-26-25(39)23(24(38)21(15-37)43-26)36-14-20(34-35-36)17-11-18(30)22(32)19(31)12-17/h2-6,11-12,14,21,23-26,37-39,41H,7-10,13,15H2,1H3,(H,33,40)/t21-,23+,24+,25-,26+,29?/m1/s1. The molecule has 11 nitrogen and oxygen atoms in total. The van der Waals surface area contributed by atoms with Gasteiger partial charge in [-0.05, 0) is 24.1 Å². The Hall–Kier alpha value is -3.05. The maximum absolute atomic E-state index is 13.9. The van der Waals surface area contributed by atoms with Gasteiger partial charge < -0.3 is 35.2 Å². The van der Waals surface area contributed by atoms with Crippen molar-refractivity contribution in [3.63, 3.8) is 0 Å². The van der Waals surface area contributed by atoms with E-state index in [2.05, 4.69) is 15.6 Å². The summed E-state index contributed by atoms with van der Waals surface area (Å²) < 4.78 is 52.2. The summed E-state index contributed by atoms with van der Waals surface area (Å²) in [5, 5.41) is 55.4. The lowest BCUT2D eigenvalue weighted by molar-refractivity contribution is -0.179. The van der Waals surface area contributed by atoms with Gasteiger partial charge in [-0.15, -0.1) is 16.9 Å². The second-order valence-electron chi connectivity index (χ2n) is 10.9. The lowest BCUT2D eigenvalue weighted by Gasteiger charge is -2.51. The predicted octanol–water partition coefficient (Wildman–Crippen LogP) is 1.34. The number of nitrogens with zero attached hydrogens (tertiary/aromatic N) is 3. The quantitative estimate of drug-likeness (QED) is 0.217. The molecule has 2 aliphatic rings. The van der Waals surface area contributed by atoms with E-state index in [-0.39, 0.29) is 43.7 Å². The molecule has 3 heterocycles. The van der Waals surface area contributed by atoms with E-state index in [9.17, 15) is 38.4 Å². The van der Waals surface area contributed by atoms with Crippen LogP contribution >= 0.6 is 11.8 Å². The Kier molecular flexibility index (Phi) is 9.65. The number of rotatable bonds is 9. The molecule has 3 aromatic rings. The molecule has 6 atom stereocenters. The van der Waals surface area contributed by atoms with E-state index in [1.165, 1.54) is 13.2 Å². The zero-order valence-corrected chi connectivity index (χ0v) is 24.5. The molecule has 238 valence electrons. The summed E-state index contributed by atoms with van der Waals surface area (Å²) in [5.41, 5.74) is -2.42. The van der Waals surface area contributed by atoms with Gasteiger partial charge in [0, 0.05) is 38.7 Å². The fourth-order valence-electron chi connectivity index (χ4n) is 5.79. The number of aromatic nitrogens is 3. The zero-order valence-electron chi connectivity index (χ0n) is 23.6. The van der Waals surface area contributed by atoms with E-state index in [0.29, 0.717) is 0 Å². The first-order valence-electron chi connectivity index (χ1n) is 14.0. The third-order valence-corrected chi connectivity index (χ3v) is 9.96. The van der Waals surface area contributed by atoms with Crippen LogP contribution in [0.2, 0.25) is 0 Å². The van der Waals surface area contributed by atoms with Gasteiger partial charge in [0.25, 0.3) is 0 Å². The van der Waals surface area contributed by atoms with Crippen LogP contribution in [0.25, 0.3) is 11.3 Å². The highest BCUT2D eigenvalue weighted by atomic mass is 32.2. The zero-order chi connectivity index (χ0) is 31.6. The van der Waals surface area contributed by atoms with Gasteiger partial charge in [0.2, 0.25) is 5.91 Å². The second kappa shape index (κ2) is 13.1. The molecule has 2 aromatic carbocycles. The minimum absolute atomic E-state index is 0.0352. The van der Waals surface area contributed by atoms with Gasteiger partial charge in [-0.3, -0.25) is 4.79 Å². The molecule has 2 saturated heterocycles. The van der Waals surface area contributed by atoms with Crippen LogP contribution in [-0.2, 0) is 20.7 Å². The lowest BCUT2D eigenvalue weighted by Crippen LogP contribution is -2.65. The van der Waals surface area contributed by atoms with Crippen molar-refractivity contribution in [2.45, 2.75) is 59.4 Å². The van der Waals surface area contributed by atoms with Gasteiger partial charge in [-0.25, -0.2) is 17.9 Å². The topological polar surface area (TPSA) is 159 Å². The van der Waals surface area contributed by atoms with Crippen LogP contribution in [0, 0.1) is 17.5 Å². The maximum Gasteiger partial charge on any atom is 0.239 e. The highest BCUT2D eigenvalue weighted by Crippen LogP contribution is 2.50. The minimum atomic E-state index is -1.65. The number of hydrogen-bond donors (Lipinski definition) is 5. The van der Waals surface area contributed by atoms with E-state index in [4.69, 9.17) is 9.47 Å². The molecule has 1 aromatic heterocycles. The number of carbonyl (C=O) groups is 1. The van der Waals surface area contributed by atoms with Gasteiger partial charge in [0.05, 0.1) is 18.4 Å². The summed E-state index contributed by atoms with van der Waals surface area (Å²) in [6.45, 7) is -0.307. The number of thioether (sulfide) groups is 1. The molecule has 5 rings (SSSR count). The molecule has 44 heavy (non-hydrogen) atoms. The van der Waals surface area contributed by atoms with Gasteiger partial charge >= 0.3 is 0 Å². The van der Waals surface area contributed by atoms with E-state index in [0.717, 1.165) is 34.1 Å². The first-order chi connectivity index (χ1) is 21.0. The number of aliphatic hydroxyl groups excluding tert-OH is 3. The Morgan fingerprint density at radius 1 is 1.14 bits per heavy atom. The fraction of sp³-hybridized carbons (Fsp3) is 0.483. The molecule has 1 unspecified atom stereocenters. The van der Waals surface area contributed by atoms with Gasteiger partial charge in [0.15, 0.2) is 17.5 Å². The fourth-order valence-corrected chi connectivity index (χ4v) is 7.57. The van der Waals surface area contributed by atoms with Crippen molar-refractivity contribution in [1.82, 2.24) is 20.3 Å². The van der Waals surface area contributed by atoms with E-state index in [1.54, 1.807) is 24.3 Å². The van der Waals surface area contributed by atoms with Gasteiger partial charge in [-0.1, -0.05) is 35.5 Å². The Labute approximate surface area is 255 Å². The first kappa shape index (κ1) is 32.3. The summed E-state index contributed by atoms with van der Waals surface area (Å²) in [4.78, 5) is 13.8. The molecule has 2 aliphatic heterocycles. The van der Waals surface area contributed by atoms with Crippen molar-refractivity contribution in [2.75, 3.05) is 26.9 Å². The number of carbonyl (C=O) groups excluding carboxylic acids is 1. The maximum atomic E-state index is 13.9. The van der Waals surface area contributed by atoms with Crippen LogP contribution in [0.1, 0.15) is 24.4 Å². The van der Waals surface area contributed by atoms with Crippen LogP contribution in [0.4, 0.5) is 13.2 Å². The second-order valence-corrected chi connectivity index (χ2v) is 12.3. The normalized spacial score (nSPS) is 26.6. The van der Waals surface area contributed by atoms with Gasteiger partial charge in [0.1, 0.15) is 40.2 Å². The smallest absolute Gasteiger partial charge is 0.239 e. The minimum Gasteiger partial charge on any atom is -0.394 e. The summed E-state index contributed by atoms with van der Waals surface area (Å²) in [5.74, 6) is -5.05.